The zero-order valence-corrected chi connectivity index (χ0v) is 12.1. The van der Waals surface area contributed by atoms with Crippen molar-refractivity contribution >= 4 is 24.0 Å². The number of esters is 2. The Hall–Kier alpha value is -2.95. The molecule has 0 saturated heterocycles. The van der Waals surface area contributed by atoms with E-state index in [9.17, 15) is 14.4 Å². The molecular weight excluding hydrogens is 284 g/mol. The second-order valence-electron chi connectivity index (χ2n) is 4.25. The number of aliphatic carboxylic acids is 1. The molecule has 1 aliphatic rings. The van der Waals surface area contributed by atoms with Gasteiger partial charge in [-0.05, 0) is 18.1 Å². The predicted molar refractivity (Wildman–Crippen MR) is 81.7 cm³/mol. The van der Waals surface area contributed by atoms with Gasteiger partial charge in [0.2, 0.25) is 0 Å². The minimum atomic E-state index is -1.11. The van der Waals surface area contributed by atoms with Crippen LogP contribution in [0.5, 0.6) is 0 Å². The quantitative estimate of drug-likeness (QED) is 0.525. The molecule has 0 spiro atoms. The molecule has 5 nitrogen and oxygen atoms in total. The molecule has 114 valence electrons. The van der Waals surface area contributed by atoms with Crippen LogP contribution >= 0.6 is 0 Å². The van der Waals surface area contributed by atoms with Crippen molar-refractivity contribution in [2.24, 2.45) is 0 Å². The smallest absolute Gasteiger partial charge is 0.346 e. The highest BCUT2D eigenvalue weighted by Crippen LogP contribution is 2.13. The number of carbonyl (C=O) groups is 3. The predicted octanol–water partition coefficient (Wildman–Crippen LogP) is 2.75. The van der Waals surface area contributed by atoms with Gasteiger partial charge in [-0.15, -0.1) is 0 Å². The van der Waals surface area contributed by atoms with Crippen molar-refractivity contribution in [1.82, 2.24) is 0 Å². The average molecular weight is 300 g/mol. The molecule has 0 bridgehead atoms. The number of hydrogen-bond donors (Lipinski definition) is 1. The van der Waals surface area contributed by atoms with Crippen molar-refractivity contribution < 1.29 is 24.2 Å². The van der Waals surface area contributed by atoms with Crippen LogP contribution in [-0.4, -0.2) is 23.0 Å². The molecule has 0 aliphatic carbocycles. The molecule has 0 atom stereocenters. The molecule has 5 heteroatoms. The van der Waals surface area contributed by atoms with Gasteiger partial charge < -0.3 is 9.84 Å². The summed E-state index contributed by atoms with van der Waals surface area (Å²) < 4.78 is 4.19. The van der Waals surface area contributed by atoms with E-state index in [4.69, 9.17) is 5.11 Å². The highest BCUT2D eigenvalue weighted by atomic mass is 16.6. The molecule has 0 fully saturated rings. The van der Waals surface area contributed by atoms with E-state index in [0.29, 0.717) is 0 Å². The summed E-state index contributed by atoms with van der Waals surface area (Å²) in [5, 5.41) is 8.65. The Morgan fingerprint density at radius 2 is 1.91 bits per heavy atom. The van der Waals surface area contributed by atoms with Crippen molar-refractivity contribution in [2.75, 3.05) is 0 Å². The van der Waals surface area contributed by atoms with Crippen LogP contribution in [0.3, 0.4) is 0 Å². The second kappa shape index (κ2) is 8.36. The lowest BCUT2D eigenvalue weighted by atomic mass is 10.1. The second-order valence-corrected chi connectivity index (χ2v) is 4.25. The number of cyclic esters (lactones) is 2. The van der Waals surface area contributed by atoms with Gasteiger partial charge >= 0.3 is 17.9 Å². The van der Waals surface area contributed by atoms with Gasteiger partial charge in [0, 0.05) is 11.6 Å². The maximum absolute atomic E-state index is 10.9. The molecule has 2 rings (SSSR count). The third-order valence-corrected chi connectivity index (χ3v) is 2.72. The number of carbonyl (C=O) groups excluding carboxylic acids is 2. The largest absolute Gasteiger partial charge is 0.478 e. The fourth-order valence-electron chi connectivity index (χ4n) is 1.56. The Morgan fingerprint density at radius 1 is 1.27 bits per heavy atom. The molecule has 0 saturated carbocycles. The highest BCUT2D eigenvalue weighted by Gasteiger charge is 2.22. The molecule has 1 aromatic carbocycles. The summed E-state index contributed by atoms with van der Waals surface area (Å²) in [7, 11) is 0. The minimum absolute atomic E-state index is 0.0192. The number of ether oxygens (including phenoxy) is 1. The van der Waals surface area contributed by atoms with Gasteiger partial charge in [0.05, 0.1) is 5.57 Å². The summed E-state index contributed by atoms with van der Waals surface area (Å²) in [5.74, 6) is -2.68. The van der Waals surface area contributed by atoms with E-state index in [0.717, 1.165) is 12.2 Å². The Labute approximate surface area is 128 Å². The van der Waals surface area contributed by atoms with Gasteiger partial charge in [0.25, 0.3) is 0 Å². The van der Waals surface area contributed by atoms with Gasteiger partial charge in [-0.2, -0.15) is 0 Å². The summed E-state index contributed by atoms with van der Waals surface area (Å²) in [4.78, 5) is 32.1. The van der Waals surface area contributed by atoms with Crippen molar-refractivity contribution in [3.8, 4) is 0 Å². The van der Waals surface area contributed by atoms with Crippen LogP contribution in [0.1, 0.15) is 18.9 Å². The van der Waals surface area contributed by atoms with Crippen molar-refractivity contribution in [3.05, 3.63) is 65.8 Å². The van der Waals surface area contributed by atoms with E-state index >= 15 is 0 Å². The molecular formula is C17H16O5. The maximum atomic E-state index is 10.9. The van der Waals surface area contributed by atoms with Gasteiger partial charge in [0.15, 0.2) is 0 Å². The van der Waals surface area contributed by atoms with Crippen LogP contribution < -0.4 is 0 Å². The first-order chi connectivity index (χ1) is 10.5. The van der Waals surface area contributed by atoms with Crippen LogP contribution in [0.15, 0.2) is 60.2 Å². The van der Waals surface area contributed by atoms with Gasteiger partial charge in [-0.25, -0.2) is 14.4 Å². The fraction of sp³-hybridized carbons (Fsp3) is 0.118. The summed E-state index contributed by atoms with van der Waals surface area (Å²) in [6.07, 6.45) is 4.23. The lowest BCUT2D eigenvalue weighted by molar-refractivity contribution is -0.150. The topological polar surface area (TPSA) is 80.7 Å². The molecule has 1 heterocycles. The van der Waals surface area contributed by atoms with Gasteiger partial charge in [-0.1, -0.05) is 49.9 Å². The van der Waals surface area contributed by atoms with Crippen molar-refractivity contribution in [1.29, 1.82) is 0 Å². The zero-order valence-electron chi connectivity index (χ0n) is 12.1. The SMILES string of the molecule is C=Cc1ccccc1.CCC(=CC1=CC(=O)OC1=O)C(=O)O. The standard InChI is InChI=1S/C9H8O5.C8H8/c1-2-5(8(11)12)3-6-4-7(10)14-9(6)13;1-2-8-6-4-3-5-7-8/h3-4H,2H2,1H3,(H,11,12);2-7H,1H2. The van der Waals surface area contributed by atoms with Crippen LogP contribution in [0.2, 0.25) is 0 Å². The van der Waals surface area contributed by atoms with E-state index in [1.807, 2.05) is 36.4 Å². The van der Waals surface area contributed by atoms with Crippen LogP contribution in [0, 0.1) is 0 Å². The monoisotopic (exact) mass is 300 g/mol. The van der Waals surface area contributed by atoms with E-state index in [1.54, 1.807) is 6.92 Å². The van der Waals surface area contributed by atoms with E-state index in [-0.39, 0.29) is 17.6 Å². The molecule has 0 amide bonds. The summed E-state index contributed by atoms with van der Waals surface area (Å²) in [5.41, 5.74) is 1.21. The molecule has 1 N–H and O–H groups in total. The minimum Gasteiger partial charge on any atom is -0.478 e. The van der Waals surface area contributed by atoms with E-state index < -0.39 is 17.9 Å². The first-order valence-corrected chi connectivity index (χ1v) is 6.57. The number of benzene rings is 1. The van der Waals surface area contributed by atoms with Crippen LogP contribution in [-0.2, 0) is 19.1 Å². The third-order valence-electron chi connectivity index (χ3n) is 2.72. The van der Waals surface area contributed by atoms with E-state index in [2.05, 4.69) is 11.3 Å². The van der Waals surface area contributed by atoms with Crippen molar-refractivity contribution in [2.45, 2.75) is 13.3 Å². The Balaban J connectivity index is 0.000000255. The Bertz CT molecular complexity index is 638. The van der Waals surface area contributed by atoms with E-state index in [1.165, 1.54) is 5.56 Å². The molecule has 0 radical (unpaired) electrons. The lowest BCUT2D eigenvalue weighted by Gasteiger charge is -1.96. The van der Waals surface area contributed by atoms with Gasteiger partial charge in [-0.3, -0.25) is 0 Å². The van der Waals surface area contributed by atoms with Crippen LogP contribution in [0.4, 0.5) is 0 Å². The van der Waals surface area contributed by atoms with Crippen LogP contribution in [0.25, 0.3) is 6.08 Å². The maximum Gasteiger partial charge on any atom is 0.346 e. The Morgan fingerprint density at radius 3 is 2.27 bits per heavy atom. The van der Waals surface area contributed by atoms with Gasteiger partial charge in [0.1, 0.15) is 0 Å². The Kier molecular flexibility index (Phi) is 6.50. The van der Waals surface area contributed by atoms with Crippen molar-refractivity contribution in [3.63, 3.8) is 0 Å². The lowest BCUT2D eigenvalue weighted by Crippen LogP contribution is -2.04. The number of carboxylic acids is 1. The number of rotatable bonds is 4. The highest BCUT2D eigenvalue weighted by molar-refractivity contribution is 6.11. The molecule has 0 unspecified atom stereocenters. The zero-order chi connectivity index (χ0) is 16.5. The summed E-state index contributed by atoms with van der Waals surface area (Å²) in [6, 6.07) is 10.0. The molecule has 0 aromatic heterocycles. The first-order valence-electron chi connectivity index (χ1n) is 6.57. The summed E-state index contributed by atoms with van der Waals surface area (Å²) in [6.45, 7) is 5.27. The molecule has 1 aromatic rings. The normalized spacial score (nSPS) is 13.7. The molecule has 22 heavy (non-hydrogen) atoms. The number of hydrogen-bond acceptors (Lipinski definition) is 4. The summed E-state index contributed by atoms with van der Waals surface area (Å²) >= 11 is 0. The fourth-order valence-corrected chi connectivity index (χ4v) is 1.56. The number of carboxylic acid groups (broad SMARTS) is 1. The average Bonchev–Trinajstić information content (AvgIpc) is 2.83. The molecule has 1 aliphatic heterocycles. The third kappa shape index (κ3) is 5.20. The first kappa shape index (κ1) is 17.1.